The average Bonchev–Trinajstić information content (AvgIpc) is 2.78. The van der Waals surface area contributed by atoms with Crippen molar-refractivity contribution in [3.63, 3.8) is 0 Å². The molecule has 0 aliphatic rings. The summed E-state index contributed by atoms with van der Waals surface area (Å²) in [5, 5.41) is 3.26. The zero-order valence-electron chi connectivity index (χ0n) is 8.44. The number of fused-ring (bicyclic) bond motifs is 1. The number of imidazole rings is 1. The summed E-state index contributed by atoms with van der Waals surface area (Å²) in [6.07, 6.45) is 3.73. The zero-order valence-corrected chi connectivity index (χ0v) is 8.44. The van der Waals surface area contributed by atoms with Crippen molar-refractivity contribution in [2.45, 2.75) is 6.92 Å². The molecule has 15 heavy (non-hydrogen) atoms. The molecule has 0 atom stereocenters. The van der Waals surface area contributed by atoms with E-state index in [1.807, 2.05) is 28.9 Å². The molecular formula is C12H11N3. The quantitative estimate of drug-likeness (QED) is 0.639. The fourth-order valence-electron chi connectivity index (χ4n) is 1.93. The van der Waals surface area contributed by atoms with E-state index in [1.165, 1.54) is 11.1 Å². The second kappa shape index (κ2) is 2.98. The maximum absolute atomic E-state index is 4.35. The number of aryl methyl sites for hydroxylation is 1. The highest BCUT2D eigenvalue weighted by Gasteiger charge is 2.10. The molecule has 0 aliphatic carbocycles. The summed E-state index contributed by atoms with van der Waals surface area (Å²) in [6.45, 7) is 2.07. The molecule has 3 nitrogen and oxygen atoms in total. The molecule has 0 spiro atoms. The van der Waals surface area contributed by atoms with Crippen molar-refractivity contribution in [2.24, 2.45) is 0 Å². The molecular weight excluding hydrogens is 186 g/mol. The number of benzene rings is 1. The summed E-state index contributed by atoms with van der Waals surface area (Å²) in [5.74, 6) is 0. The summed E-state index contributed by atoms with van der Waals surface area (Å²) < 4.78 is 1.94. The Bertz CT molecular complexity index is 590. The Kier molecular flexibility index (Phi) is 1.65. The van der Waals surface area contributed by atoms with E-state index in [-0.39, 0.29) is 0 Å². The Morgan fingerprint density at radius 3 is 2.80 bits per heavy atom. The van der Waals surface area contributed by atoms with E-state index in [4.69, 9.17) is 0 Å². The third kappa shape index (κ3) is 1.16. The van der Waals surface area contributed by atoms with E-state index >= 15 is 0 Å². The van der Waals surface area contributed by atoms with Gasteiger partial charge in [0.25, 0.3) is 0 Å². The standard InChI is InChI=1S/C12H11N3/c1-9-11(10-5-3-2-4-6-10)12-13-7-8-15(12)14-9/h2-8,14H,1H3. The van der Waals surface area contributed by atoms with Crippen LogP contribution in [0.5, 0.6) is 0 Å². The van der Waals surface area contributed by atoms with Crippen LogP contribution in [-0.2, 0) is 0 Å². The molecule has 0 bridgehead atoms. The number of aromatic amines is 1. The van der Waals surface area contributed by atoms with Crippen molar-refractivity contribution < 1.29 is 0 Å². The fraction of sp³-hybridized carbons (Fsp3) is 0.0833. The van der Waals surface area contributed by atoms with Crippen LogP contribution >= 0.6 is 0 Å². The lowest BCUT2D eigenvalue weighted by Gasteiger charge is -1.97. The van der Waals surface area contributed by atoms with Crippen molar-refractivity contribution in [3.05, 3.63) is 48.4 Å². The smallest absolute Gasteiger partial charge is 0.161 e. The van der Waals surface area contributed by atoms with Gasteiger partial charge in [0, 0.05) is 23.7 Å². The minimum absolute atomic E-state index is 0.985. The van der Waals surface area contributed by atoms with Gasteiger partial charge in [0.2, 0.25) is 0 Å². The SMILES string of the molecule is Cc1[nH]n2ccnc2c1-c1ccccc1. The van der Waals surface area contributed by atoms with Gasteiger partial charge in [-0.2, -0.15) is 0 Å². The van der Waals surface area contributed by atoms with Gasteiger partial charge in [-0.15, -0.1) is 0 Å². The first-order valence-electron chi connectivity index (χ1n) is 4.93. The second-order valence-electron chi connectivity index (χ2n) is 3.60. The van der Waals surface area contributed by atoms with Crippen molar-refractivity contribution in [2.75, 3.05) is 0 Å². The van der Waals surface area contributed by atoms with E-state index in [0.29, 0.717) is 0 Å². The first-order chi connectivity index (χ1) is 7.36. The number of nitrogens with one attached hydrogen (secondary N) is 1. The molecule has 2 heterocycles. The molecule has 0 saturated heterocycles. The first-order valence-corrected chi connectivity index (χ1v) is 4.93. The largest absolute Gasteiger partial charge is 0.297 e. The minimum atomic E-state index is 0.985. The Hall–Kier alpha value is -2.03. The Labute approximate surface area is 87.4 Å². The van der Waals surface area contributed by atoms with Crippen LogP contribution < -0.4 is 0 Å². The lowest BCUT2D eigenvalue weighted by atomic mass is 10.1. The highest BCUT2D eigenvalue weighted by Crippen LogP contribution is 2.26. The van der Waals surface area contributed by atoms with Crippen LogP contribution in [0.3, 0.4) is 0 Å². The maximum atomic E-state index is 4.35. The molecule has 1 N–H and O–H groups in total. The van der Waals surface area contributed by atoms with Crippen LogP contribution in [0.1, 0.15) is 5.69 Å². The summed E-state index contributed by atoms with van der Waals surface area (Å²) >= 11 is 0. The van der Waals surface area contributed by atoms with E-state index in [9.17, 15) is 0 Å². The number of hydrogen-bond donors (Lipinski definition) is 1. The number of H-pyrrole nitrogens is 1. The molecule has 0 fully saturated rings. The van der Waals surface area contributed by atoms with Gasteiger partial charge in [-0.3, -0.25) is 5.10 Å². The number of hydrogen-bond acceptors (Lipinski definition) is 1. The molecule has 3 heteroatoms. The molecule has 0 amide bonds. The maximum Gasteiger partial charge on any atom is 0.161 e. The van der Waals surface area contributed by atoms with Gasteiger partial charge in [-0.05, 0) is 12.5 Å². The van der Waals surface area contributed by atoms with Gasteiger partial charge in [0.15, 0.2) is 5.65 Å². The van der Waals surface area contributed by atoms with Crippen molar-refractivity contribution in [1.82, 2.24) is 14.6 Å². The average molecular weight is 197 g/mol. The molecule has 74 valence electrons. The first kappa shape index (κ1) is 8.29. The van der Waals surface area contributed by atoms with Crippen molar-refractivity contribution in [1.29, 1.82) is 0 Å². The lowest BCUT2D eigenvalue weighted by molar-refractivity contribution is 0.945. The summed E-state index contributed by atoms with van der Waals surface area (Å²) in [6, 6.07) is 10.3. The molecule has 0 unspecified atom stereocenters. The predicted molar refractivity (Wildman–Crippen MR) is 59.7 cm³/mol. The highest BCUT2D eigenvalue weighted by molar-refractivity contribution is 5.79. The van der Waals surface area contributed by atoms with Crippen LogP contribution in [-0.4, -0.2) is 14.6 Å². The predicted octanol–water partition coefficient (Wildman–Crippen LogP) is 2.64. The molecule has 1 aromatic carbocycles. The number of aromatic nitrogens is 3. The van der Waals surface area contributed by atoms with Crippen LogP contribution in [0.2, 0.25) is 0 Å². The Morgan fingerprint density at radius 1 is 1.20 bits per heavy atom. The Morgan fingerprint density at radius 2 is 2.00 bits per heavy atom. The molecule has 0 saturated carbocycles. The normalized spacial score (nSPS) is 11.0. The van der Waals surface area contributed by atoms with Crippen LogP contribution in [0.25, 0.3) is 16.8 Å². The van der Waals surface area contributed by atoms with E-state index in [1.54, 1.807) is 6.20 Å². The molecule has 3 rings (SSSR count). The van der Waals surface area contributed by atoms with Crippen molar-refractivity contribution in [3.8, 4) is 11.1 Å². The van der Waals surface area contributed by atoms with E-state index in [2.05, 4.69) is 29.1 Å². The molecule has 2 aromatic heterocycles. The van der Waals surface area contributed by atoms with Gasteiger partial charge < -0.3 is 0 Å². The minimum Gasteiger partial charge on any atom is -0.297 e. The van der Waals surface area contributed by atoms with Gasteiger partial charge in [0.05, 0.1) is 0 Å². The topological polar surface area (TPSA) is 33.1 Å². The molecule has 0 radical (unpaired) electrons. The van der Waals surface area contributed by atoms with E-state index in [0.717, 1.165) is 11.3 Å². The monoisotopic (exact) mass is 197 g/mol. The Balaban J connectivity index is 2.34. The van der Waals surface area contributed by atoms with Crippen molar-refractivity contribution >= 4 is 5.65 Å². The number of rotatable bonds is 1. The second-order valence-corrected chi connectivity index (χ2v) is 3.60. The van der Waals surface area contributed by atoms with Gasteiger partial charge in [-0.25, -0.2) is 9.50 Å². The van der Waals surface area contributed by atoms with Crippen LogP contribution in [0.4, 0.5) is 0 Å². The van der Waals surface area contributed by atoms with Crippen LogP contribution in [0, 0.1) is 6.92 Å². The summed E-state index contributed by atoms with van der Waals surface area (Å²) in [7, 11) is 0. The van der Waals surface area contributed by atoms with Crippen LogP contribution in [0.15, 0.2) is 42.7 Å². The fourth-order valence-corrected chi connectivity index (χ4v) is 1.93. The zero-order chi connectivity index (χ0) is 10.3. The van der Waals surface area contributed by atoms with Gasteiger partial charge >= 0.3 is 0 Å². The number of nitrogens with zero attached hydrogens (tertiary/aromatic N) is 2. The van der Waals surface area contributed by atoms with Gasteiger partial charge in [-0.1, -0.05) is 30.3 Å². The third-order valence-corrected chi connectivity index (χ3v) is 2.59. The molecule has 0 aliphatic heterocycles. The highest BCUT2D eigenvalue weighted by atomic mass is 15.3. The van der Waals surface area contributed by atoms with Gasteiger partial charge in [0.1, 0.15) is 0 Å². The summed E-state index contributed by atoms with van der Waals surface area (Å²) in [5.41, 5.74) is 4.51. The third-order valence-electron chi connectivity index (χ3n) is 2.59. The lowest BCUT2D eigenvalue weighted by Crippen LogP contribution is -1.79. The molecule has 3 aromatic rings. The van der Waals surface area contributed by atoms with E-state index < -0.39 is 0 Å². The summed E-state index contributed by atoms with van der Waals surface area (Å²) in [4.78, 5) is 4.35.